The highest BCUT2D eigenvalue weighted by Gasteiger charge is 2.35. The number of alkyl halides is 3. The summed E-state index contributed by atoms with van der Waals surface area (Å²) < 4.78 is 38.3. The van der Waals surface area contributed by atoms with E-state index in [2.05, 4.69) is 4.99 Å². The topological polar surface area (TPSA) is 29.4 Å². The fourth-order valence-corrected chi connectivity index (χ4v) is 2.29. The van der Waals surface area contributed by atoms with Gasteiger partial charge in [0.05, 0.1) is 11.6 Å². The van der Waals surface area contributed by atoms with Gasteiger partial charge < -0.3 is 0 Å². The zero-order valence-corrected chi connectivity index (χ0v) is 8.92. The maximum absolute atomic E-state index is 12.8. The predicted octanol–water partition coefficient (Wildman–Crippen LogP) is 3.42. The van der Waals surface area contributed by atoms with Crippen LogP contribution in [0.25, 0.3) is 0 Å². The fraction of sp³-hybridized carbons (Fsp3) is 0.417. The van der Waals surface area contributed by atoms with Crippen LogP contribution in [0, 0.1) is 0 Å². The van der Waals surface area contributed by atoms with Crippen LogP contribution in [0.1, 0.15) is 35.6 Å². The molecule has 0 N–H and O–H groups in total. The van der Waals surface area contributed by atoms with Crippen LogP contribution in [0.4, 0.5) is 13.2 Å². The van der Waals surface area contributed by atoms with Crippen LogP contribution >= 0.6 is 0 Å². The van der Waals surface area contributed by atoms with Gasteiger partial charge in [-0.05, 0) is 36.5 Å². The van der Waals surface area contributed by atoms with Gasteiger partial charge in [-0.2, -0.15) is 18.2 Å². The SMILES string of the molecule is O=C=NC1CCCc2c1cccc2C(F)(F)F. The van der Waals surface area contributed by atoms with Gasteiger partial charge in [0, 0.05) is 0 Å². The molecule has 1 aromatic carbocycles. The second kappa shape index (κ2) is 4.34. The Bertz CT molecular complexity index is 475. The minimum absolute atomic E-state index is 0.273. The van der Waals surface area contributed by atoms with E-state index in [1.807, 2.05) is 0 Å². The Labute approximate surface area is 96.2 Å². The molecular formula is C12H10F3NO. The van der Waals surface area contributed by atoms with E-state index in [1.165, 1.54) is 12.1 Å². The first-order chi connectivity index (χ1) is 8.04. The highest BCUT2D eigenvalue weighted by molar-refractivity contribution is 5.43. The maximum Gasteiger partial charge on any atom is 0.416 e. The number of halogens is 3. The maximum atomic E-state index is 12.8. The number of fused-ring (bicyclic) bond motifs is 1. The number of rotatable bonds is 1. The largest absolute Gasteiger partial charge is 0.416 e. The first-order valence-electron chi connectivity index (χ1n) is 5.30. The van der Waals surface area contributed by atoms with Crippen LogP contribution < -0.4 is 0 Å². The molecule has 1 atom stereocenters. The Balaban J connectivity index is 2.55. The van der Waals surface area contributed by atoms with E-state index in [0.29, 0.717) is 24.8 Å². The number of benzene rings is 1. The zero-order chi connectivity index (χ0) is 12.5. The third-order valence-corrected chi connectivity index (χ3v) is 2.99. The lowest BCUT2D eigenvalue weighted by atomic mass is 9.85. The van der Waals surface area contributed by atoms with Crippen molar-refractivity contribution in [1.29, 1.82) is 0 Å². The molecule has 2 rings (SSSR count). The summed E-state index contributed by atoms with van der Waals surface area (Å²) in [4.78, 5) is 13.8. The van der Waals surface area contributed by atoms with Crippen molar-refractivity contribution >= 4 is 6.08 Å². The summed E-state index contributed by atoms with van der Waals surface area (Å²) in [6.07, 6.45) is -1.33. The standard InChI is InChI=1S/C12H10F3NO/c13-12(14,15)10-5-1-4-9-8(10)3-2-6-11(9)16-7-17/h1,4-5,11H,2-3,6H2. The minimum atomic E-state index is -4.35. The van der Waals surface area contributed by atoms with Gasteiger partial charge in [0.15, 0.2) is 0 Å². The second-order valence-electron chi connectivity index (χ2n) is 4.00. The van der Waals surface area contributed by atoms with Crippen molar-refractivity contribution in [2.75, 3.05) is 0 Å². The van der Waals surface area contributed by atoms with Crippen molar-refractivity contribution in [1.82, 2.24) is 0 Å². The van der Waals surface area contributed by atoms with Crippen molar-refractivity contribution in [2.45, 2.75) is 31.5 Å². The van der Waals surface area contributed by atoms with Gasteiger partial charge >= 0.3 is 6.18 Å². The third-order valence-electron chi connectivity index (χ3n) is 2.99. The highest BCUT2D eigenvalue weighted by Crippen LogP contribution is 2.40. The van der Waals surface area contributed by atoms with Crippen molar-refractivity contribution < 1.29 is 18.0 Å². The van der Waals surface area contributed by atoms with Crippen molar-refractivity contribution in [2.24, 2.45) is 4.99 Å². The van der Waals surface area contributed by atoms with Crippen LogP contribution in [-0.4, -0.2) is 6.08 Å². The number of carbonyl (C=O) groups excluding carboxylic acids is 1. The predicted molar refractivity (Wildman–Crippen MR) is 55.2 cm³/mol. The molecule has 0 saturated carbocycles. The summed E-state index contributed by atoms with van der Waals surface area (Å²) in [5.74, 6) is 0. The minimum Gasteiger partial charge on any atom is -0.211 e. The van der Waals surface area contributed by atoms with Crippen molar-refractivity contribution in [3.63, 3.8) is 0 Å². The fourth-order valence-electron chi connectivity index (χ4n) is 2.29. The molecule has 0 radical (unpaired) electrons. The van der Waals surface area contributed by atoms with Crippen LogP contribution in [0.3, 0.4) is 0 Å². The molecule has 1 aromatic rings. The monoisotopic (exact) mass is 241 g/mol. The third kappa shape index (κ3) is 2.24. The summed E-state index contributed by atoms with van der Waals surface area (Å²) in [7, 11) is 0. The molecule has 0 aliphatic heterocycles. The molecule has 90 valence electrons. The lowest BCUT2D eigenvalue weighted by molar-refractivity contribution is -0.138. The number of isocyanates is 1. The molecule has 17 heavy (non-hydrogen) atoms. The summed E-state index contributed by atoms with van der Waals surface area (Å²) in [5.41, 5.74) is 0.172. The molecule has 5 heteroatoms. The first kappa shape index (κ1) is 11.9. The number of aliphatic imine (C=N–C) groups is 1. The van der Waals surface area contributed by atoms with Crippen LogP contribution in [0.2, 0.25) is 0 Å². The molecule has 0 bridgehead atoms. The highest BCUT2D eigenvalue weighted by atomic mass is 19.4. The van der Waals surface area contributed by atoms with Gasteiger partial charge in [-0.3, -0.25) is 0 Å². The first-order valence-corrected chi connectivity index (χ1v) is 5.30. The molecule has 2 nitrogen and oxygen atoms in total. The molecule has 0 saturated heterocycles. The number of hydrogen-bond donors (Lipinski definition) is 0. The molecule has 0 heterocycles. The van der Waals surface area contributed by atoms with E-state index < -0.39 is 17.8 Å². The lowest BCUT2D eigenvalue weighted by Gasteiger charge is -2.24. The normalized spacial score (nSPS) is 19.4. The van der Waals surface area contributed by atoms with Crippen LogP contribution in [-0.2, 0) is 17.4 Å². The van der Waals surface area contributed by atoms with Gasteiger partial charge in [-0.1, -0.05) is 12.1 Å². The lowest BCUT2D eigenvalue weighted by Crippen LogP contribution is -2.16. The van der Waals surface area contributed by atoms with E-state index in [9.17, 15) is 18.0 Å². The molecule has 0 fully saturated rings. The molecule has 1 aliphatic carbocycles. The average molecular weight is 241 g/mol. The van der Waals surface area contributed by atoms with E-state index in [-0.39, 0.29) is 5.56 Å². The molecule has 1 unspecified atom stereocenters. The van der Waals surface area contributed by atoms with Crippen molar-refractivity contribution in [3.05, 3.63) is 34.9 Å². The van der Waals surface area contributed by atoms with Gasteiger partial charge in [0.1, 0.15) is 0 Å². The van der Waals surface area contributed by atoms with E-state index in [4.69, 9.17) is 0 Å². The smallest absolute Gasteiger partial charge is 0.211 e. The van der Waals surface area contributed by atoms with Crippen molar-refractivity contribution in [3.8, 4) is 0 Å². The summed E-state index contributed by atoms with van der Waals surface area (Å²) in [6.45, 7) is 0. The summed E-state index contributed by atoms with van der Waals surface area (Å²) >= 11 is 0. The second-order valence-corrected chi connectivity index (χ2v) is 4.00. The molecular weight excluding hydrogens is 231 g/mol. The Kier molecular flexibility index (Phi) is 3.03. The number of hydrogen-bond acceptors (Lipinski definition) is 2. The van der Waals surface area contributed by atoms with E-state index in [0.717, 1.165) is 6.07 Å². The van der Waals surface area contributed by atoms with Crippen LogP contribution in [0.15, 0.2) is 23.2 Å². The molecule has 0 spiro atoms. The molecule has 0 amide bonds. The van der Waals surface area contributed by atoms with E-state index in [1.54, 1.807) is 6.07 Å². The number of nitrogens with zero attached hydrogens (tertiary/aromatic N) is 1. The molecule has 0 aromatic heterocycles. The van der Waals surface area contributed by atoms with Gasteiger partial charge in [0.2, 0.25) is 6.08 Å². The van der Waals surface area contributed by atoms with Gasteiger partial charge in [-0.15, -0.1) is 0 Å². The summed E-state index contributed by atoms with van der Waals surface area (Å²) in [6, 6.07) is 3.57. The average Bonchev–Trinajstić information content (AvgIpc) is 2.28. The Morgan fingerprint density at radius 2 is 2.12 bits per heavy atom. The summed E-state index contributed by atoms with van der Waals surface area (Å²) in [5, 5.41) is 0. The quantitative estimate of drug-likeness (QED) is 0.547. The Morgan fingerprint density at radius 3 is 2.76 bits per heavy atom. The van der Waals surface area contributed by atoms with Gasteiger partial charge in [-0.25, -0.2) is 4.79 Å². The Morgan fingerprint density at radius 1 is 1.35 bits per heavy atom. The Hall–Kier alpha value is -1.61. The van der Waals surface area contributed by atoms with Gasteiger partial charge in [0.25, 0.3) is 0 Å². The van der Waals surface area contributed by atoms with Crippen LogP contribution in [0.5, 0.6) is 0 Å². The van der Waals surface area contributed by atoms with E-state index >= 15 is 0 Å². The molecule has 1 aliphatic rings. The zero-order valence-electron chi connectivity index (χ0n) is 8.92.